The van der Waals surface area contributed by atoms with Gasteiger partial charge in [-0.25, -0.2) is 14.2 Å². The summed E-state index contributed by atoms with van der Waals surface area (Å²) < 4.78 is 23.8. The lowest BCUT2D eigenvalue weighted by molar-refractivity contribution is -0.136. The van der Waals surface area contributed by atoms with E-state index in [-0.39, 0.29) is 11.4 Å². The second-order valence-electron chi connectivity index (χ2n) is 9.68. The summed E-state index contributed by atoms with van der Waals surface area (Å²) in [6.45, 7) is 4.11. The topological polar surface area (TPSA) is 65.6 Å². The molecule has 2 aromatic heterocycles. The SMILES string of the molecule is COC(=O)C1=C(C)N=c2sc(=Cc3c(C)n(Cc4ccccc4F)c4ccccc34)c(=O)n2C1c1ccccc1. The quantitative estimate of drug-likeness (QED) is 0.293. The van der Waals surface area contributed by atoms with E-state index in [0.717, 1.165) is 27.7 Å². The molecule has 5 aromatic rings. The van der Waals surface area contributed by atoms with E-state index in [1.54, 1.807) is 23.6 Å². The van der Waals surface area contributed by atoms with Crippen LogP contribution in [0.3, 0.4) is 0 Å². The van der Waals surface area contributed by atoms with E-state index in [0.29, 0.717) is 32.7 Å². The van der Waals surface area contributed by atoms with Crippen LogP contribution in [0, 0.1) is 12.7 Å². The predicted molar refractivity (Wildman–Crippen MR) is 154 cm³/mol. The van der Waals surface area contributed by atoms with Crippen molar-refractivity contribution < 1.29 is 13.9 Å². The summed E-state index contributed by atoms with van der Waals surface area (Å²) in [5, 5.41) is 0.966. The van der Waals surface area contributed by atoms with Crippen molar-refractivity contribution >= 4 is 34.3 Å². The third-order valence-corrected chi connectivity index (χ3v) is 8.37. The van der Waals surface area contributed by atoms with Gasteiger partial charge >= 0.3 is 5.97 Å². The van der Waals surface area contributed by atoms with Gasteiger partial charge in [-0.15, -0.1) is 0 Å². The Morgan fingerprint density at radius 3 is 2.48 bits per heavy atom. The number of thiazole rings is 1. The second-order valence-corrected chi connectivity index (χ2v) is 10.7. The standard InChI is InChI=1S/C32H26FN3O3S/c1-19-28(31(38)39-3)29(21-11-5-4-6-12-21)36-30(37)27(40-32(36)34-19)17-24-20(2)35(26-16-10-8-14-23(24)26)18-22-13-7-9-15-25(22)33/h4-17,29H,18H2,1-3H3. The van der Waals surface area contributed by atoms with Crippen molar-refractivity contribution in [1.29, 1.82) is 0 Å². The minimum absolute atomic E-state index is 0.239. The number of hydrogen-bond donors (Lipinski definition) is 0. The fourth-order valence-corrected chi connectivity index (χ4v) is 6.44. The molecule has 0 spiro atoms. The molecular formula is C32H26FN3O3S. The zero-order chi connectivity index (χ0) is 28.0. The van der Waals surface area contributed by atoms with E-state index < -0.39 is 12.0 Å². The van der Waals surface area contributed by atoms with Crippen molar-refractivity contribution in [3.63, 3.8) is 0 Å². The van der Waals surface area contributed by atoms with Crippen molar-refractivity contribution in [2.45, 2.75) is 26.4 Å². The molecule has 0 saturated carbocycles. The number of fused-ring (bicyclic) bond motifs is 2. The molecule has 3 aromatic carbocycles. The molecule has 1 atom stereocenters. The van der Waals surface area contributed by atoms with E-state index in [1.807, 2.05) is 73.7 Å². The molecular weight excluding hydrogens is 525 g/mol. The Bertz CT molecular complexity index is 2000. The summed E-state index contributed by atoms with van der Waals surface area (Å²) in [6.07, 6.45) is 1.89. The van der Waals surface area contributed by atoms with Gasteiger partial charge in [0.15, 0.2) is 4.80 Å². The van der Waals surface area contributed by atoms with Crippen LogP contribution < -0.4 is 14.9 Å². The molecule has 1 aliphatic rings. The summed E-state index contributed by atoms with van der Waals surface area (Å²) in [5.74, 6) is -0.774. The van der Waals surface area contributed by atoms with E-state index in [9.17, 15) is 14.0 Å². The van der Waals surface area contributed by atoms with Gasteiger partial charge in [-0.2, -0.15) is 0 Å². The first-order chi connectivity index (χ1) is 19.4. The molecule has 3 heterocycles. The van der Waals surface area contributed by atoms with Crippen molar-refractivity contribution in [3.8, 4) is 0 Å². The molecule has 6 nitrogen and oxygen atoms in total. The molecule has 8 heteroatoms. The van der Waals surface area contributed by atoms with Crippen LogP contribution in [0.2, 0.25) is 0 Å². The van der Waals surface area contributed by atoms with Crippen LogP contribution in [0.1, 0.15) is 35.3 Å². The Morgan fingerprint density at radius 2 is 1.73 bits per heavy atom. The molecule has 1 aliphatic heterocycles. The average molecular weight is 552 g/mol. The minimum Gasteiger partial charge on any atom is -0.466 e. The lowest BCUT2D eigenvalue weighted by Crippen LogP contribution is -2.39. The van der Waals surface area contributed by atoms with Gasteiger partial charge in [0.05, 0.1) is 35.5 Å². The fraction of sp³-hybridized carbons (Fsp3) is 0.156. The number of esters is 1. The zero-order valence-electron chi connectivity index (χ0n) is 22.2. The minimum atomic E-state index is -0.657. The number of aromatic nitrogens is 2. The van der Waals surface area contributed by atoms with E-state index >= 15 is 0 Å². The lowest BCUT2D eigenvalue weighted by atomic mass is 9.96. The summed E-state index contributed by atoms with van der Waals surface area (Å²) >= 11 is 1.29. The molecule has 0 aliphatic carbocycles. The molecule has 40 heavy (non-hydrogen) atoms. The summed E-state index contributed by atoms with van der Waals surface area (Å²) in [7, 11) is 1.33. The highest BCUT2D eigenvalue weighted by molar-refractivity contribution is 7.07. The number of para-hydroxylation sites is 1. The smallest absolute Gasteiger partial charge is 0.338 e. The first kappa shape index (κ1) is 25.7. The van der Waals surface area contributed by atoms with Gasteiger partial charge in [0, 0.05) is 27.7 Å². The molecule has 0 amide bonds. The molecule has 0 fully saturated rings. The van der Waals surface area contributed by atoms with Crippen molar-refractivity contribution in [2.24, 2.45) is 4.99 Å². The Balaban J connectivity index is 1.56. The van der Waals surface area contributed by atoms with Crippen LogP contribution in [0.4, 0.5) is 4.39 Å². The van der Waals surface area contributed by atoms with Crippen LogP contribution in [-0.4, -0.2) is 22.2 Å². The van der Waals surface area contributed by atoms with Gasteiger partial charge in [-0.3, -0.25) is 9.36 Å². The van der Waals surface area contributed by atoms with Gasteiger partial charge in [-0.05, 0) is 37.6 Å². The molecule has 6 rings (SSSR count). The number of halogens is 1. The van der Waals surface area contributed by atoms with Gasteiger partial charge in [0.1, 0.15) is 5.82 Å². The maximum Gasteiger partial charge on any atom is 0.338 e. The summed E-state index contributed by atoms with van der Waals surface area (Å²) in [5.41, 5.74) is 4.76. The van der Waals surface area contributed by atoms with Crippen LogP contribution in [0.25, 0.3) is 17.0 Å². The number of carbonyl (C=O) groups excluding carboxylic acids is 1. The molecule has 0 radical (unpaired) electrons. The first-order valence-corrected chi connectivity index (χ1v) is 13.7. The highest BCUT2D eigenvalue weighted by Crippen LogP contribution is 2.31. The van der Waals surface area contributed by atoms with E-state index in [2.05, 4.69) is 9.56 Å². The molecule has 1 unspecified atom stereocenters. The highest BCUT2D eigenvalue weighted by Gasteiger charge is 2.33. The van der Waals surface area contributed by atoms with E-state index in [4.69, 9.17) is 4.74 Å². The number of ether oxygens (including phenoxy) is 1. The predicted octanol–water partition coefficient (Wildman–Crippen LogP) is 4.86. The number of methoxy groups -OCH3 is 1. The van der Waals surface area contributed by atoms with Gasteiger partial charge in [0.2, 0.25) is 0 Å². The van der Waals surface area contributed by atoms with Crippen molar-refractivity contribution in [3.05, 3.63) is 138 Å². The molecule has 200 valence electrons. The third-order valence-electron chi connectivity index (χ3n) is 7.38. The summed E-state index contributed by atoms with van der Waals surface area (Å²) in [6, 6.07) is 23.5. The molecule has 0 bridgehead atoms. The number of benzene rings is 3. The Morgan fingerprint density at radius 1 is 1.02 bits per heavy atom. The van der Waals surface area contributed by atoms with E-state index in [1.165, 1.54) is 24.5 Å². The number of hydrogen-bond acceptors (Lipinski definition) is 5. The third kappa shape index (κ3) is 4.21. The summed E-state index contributed by atoms with van der Waals surface area (Å²) in [4.78, 5) is 32.0. The van der Waals surface area contributed by atoms with Crippen LogP contribution in [0.15, 0.2) is 99.9 Å². The van der Waals surface area contributed by atoms with Gasteiger partial charge in [-0.1, -0.05) is 78.1 Å². The fourth-order valence-electron chi connectivity index (χ4n) is 5.42. The maximum absolute atomic E-state index is 14.6. The Labute approximate surface area is 233 Å². The first-order valence-electron chi connectivity index (χ1n) is 12.9. The molecule has 0 N–H and O–H groups in total. The average Bonchev–Trinajstić information content (AvgIpc) is 3.42. The number of nitrogens with zero attached hydrogens (tertiary/aromatic N) is 3. The van der Waals surface area contributed by atoms with Crippen LogP contribution in [0.5, 0.6) is 0 Å². The van der Waals surface area contributed by atoms with Crippen molar-refractivity contribution in [2.75, 3.05) is 7.11 Å². The Hall–Kier alpha value is -4.56. The van der Waals surface area contributed by atoms with Gasteiger partial charge in [0.25, 0.3) is 5.56 Å². The number of rotatable bonds is 5. The number of carbonyl (C=O) groups is 1. The number of allylic oxidation sites excluding steroid dienone is 1. The highest BCUT2D eigenvalue weighted by atomic mass is 32.1. The zero-order valence-corrected chi connectivity index (χ0v) is 23.0. The second kappa shape index (κ2) is 10.2. The Kier molecular flexibility index (Phi) is 6.56. The molecule has 0 saturated heterocycles. The maximum atomic E-state index is 14.6. The normalized spacial score (nSPS) is 15.3. The van der Waals surface area contributed by atoms with Crippen molar-refractivity contribution in [1.82, 2.24) is 9.13 Å². The van der Waals surface area contributed by atoms with Crippen LogP contribution >= 0.6 is 11.3 Å². The monoisotopic (exact) mass is 551 g/mol. The van der Waals surface area contributed by atoms with Gasteiger partial charge < -0.3 is 9.30 Å². The largest absolute Gasteiger partial charge is 0.466 e. The lowest BCUT2D eigenvalue weighted by Gasteiger charge is -2.24. The van der Waals surface area contributed by atoms with Crippen LogP contribution in [-0.2, 0) is 16.1 Å².